The molecule has 10 radical (unpaired) electrons. The second kappa shape index (κ2) is 15.6. The zero-order chi connectivity index (χ0) is 29.6. The third-order valence-corrected chi connectivity index (χ3v) is 9.77. The van der Waals surface area contributed by atoms with E-state index < -0.39 is 8.30 Å². The Kier molecular flexibility index (Phi) is 11.6. The third kappa shape index (κ3) is 7.10. The zero-order valence-electron chi connectivity index (χ0n) is 24.8. The quantitative estimate of drug-likeness (QED) is 0.155. The van der Waals surface area contributed by atoms with Gasteiger partial charge in [0, 0.05) is 24.2 Å². The molecule has 0 spiro atoms. The maximum absolute atomic E-state index is 11.1. The van der Waals surface area contributed by atoms with Gasteiger partial charge in [-0.05, 0) is 85.0 Å². The summed E-state index contributed by atoms with van der Waals surface area (Å²) < 4.78 is 14.5. The molecule has 44 heavy (non-hydrogen) atoms. The van der Waals surface area contributed by atoms with Crippen LogP contribution in [0, 0.1) is 62.9 Å². The van der Waals surface area contributed by atoms with Crippen LogP contribution in [0.25, 0.3) is 32.7 Å². The fraction of sp³-hybridized carbons (Fsp3) is 0.162. The summed E-state index contributed by atoms with van der Waals surface area (Å²) in [4.78, 5) is 4.17. The molecular weight excluding hydrogens is 607 g/mol. The summed E-state index contributed by atoms with van der Waals surface area (Å²) >= 11 is 0. The first kappa shape index (κ1) is 32.8. The average molecular weight is 643 g/mol. The Morgan fingerprint density at radius 1 is 0.773 bits per heavy atom. The first-order valence-corrected chi connectivity index (χ1v) is 16.0. The van der Waals surface area contributed by atoms with Gasteiger partial charge in [-0.25, -0.2) is 0 Å². The molecule has 1 heterocycles. The van der Waals surface area contributed by atoms with Crippen LogP contribution in [0.4, 0.5) is 0 Å². The van der Waals surface area contributed by atoms with Crippen LogP contribution in [0.15, 0.2) is 77.8 Å². The van der Waals surface area contributed by atoms with Gasteiger partial charge >= 0.3 is 17.1 Å². The number of aliphatic imine (C=N–C) groups is 1. The monoisotopic (exact) mass is 642 g/mol. The molecule has 1 aliphatic heterocycles. The first-order valence-electron chi connectivity index (χ1n) is 14.7. The van der Waals surface area contributed by atoms with Crippen molar-refractivity contribution in [1.82, 2.24) is 4.67 Å². The van der Waals surface area contributed by atoms with E-state index in [0.717, 1.165) is 76.5 Å². The normalized spacial score (nSPS) is 17.7. The summed E-state index contributed by atoms with van der Waals surface area (Å²) in [7, 11) is -1.02. The minimum Gasteiger partial charge on any atom is -0.507 e. The molecule has 2 saturated carbocycles. The number of hydrogen-bond acceptors (Lipinski definition) is 5. The van der Waals surface area contributed by atoms with Crippen molar-refractivity contribution in [3.05, 3.63) is 136 Å². The van der Waals surface area contributed by atoms with Crippen LogP contribution in [0.3, 0.4) is 0 Å². The summed E-state index contributed by atoms with van der Waals surface area (Å²) in [6, 6.07) is 24.4. The first-order chi connectivity index (χ1) is 21.2. The minimum absolute atomic E-state index is 0. The van der Waals surface area contributed by atoms with E-state index in [4.69, 9.17) is 9.26 Å². The Bertz CT molecular complexity index is 1560. The van der Waals surface area contributed by atoms with E-state index in [1.54, 1.807) is 6.07 Å². The minimum atomic E-state index is -1.02. The molecule has 0 unspecified atom stereocenters. The fourth-order valence-electron chi connectivity index (χ4n) is 5.47. The predicted molar refractivity (Wildman–Crippen MR) is 178 cm³/mol. The van der Waals surface area contributed by atoms with Crippen LogP contribution in [0.5, 0.6) is 11.5 Å². The van der Waals surface area contributed by atoms with Gasteiger partial charge in [-0.1, -0.05) is 74.5 Å². The van der Waals surface area contributed by atoms with E-state index in [1.807, 2.05) is 56.0 Å². The van der Waals surface area contributed by atoms with E-state index in [9.17, 15) is 5.11 Å². The smallest absolute Gasteiger partial charge is 0.507 e. The predicted octanol–water partition coefficient (Wildman–Crippen LogP) is 8.58. The second-order valence-corrected chi connectivity index (χ2v) is 12.0. The van der Waals surface area contributed by atoms with Gasteiger partial charge in [0.2, 0.25) is 0 Å². The van der Waals surface area contributed by atoms with Crippen LogP contribution < -0.4 is 4.52 Å². The van der Waals surface area contributed by atoms with Gasteiger partial charge in [-0.3, -0.25) is 9.66 Å². The summed E-state index contributed by atoms with van der Waals surface area (Å²) in [5.41, 5.74) is 2.94. The second-order valence-electron chi connectivity index (χ2n) is 10.2. The van der Waals surface area contributed by atoms with Crippen LogP contribution in [-0.4, -0.2) is 41.9 Å². The van der Waals surface area contributed by atoms with E-state index in [0.29, 0.717) is 0 Å². The molecule has 3 aliphatic rings. The van der Waals surface area contributed by atoms with Crippen molar-refractivity contribution in [2.45, 2.75) is 13.8 Å². The van der Waals surface area contributed by atoms with Crippen molar-refractivity contribution in [1.29, 1.82) is 0 Å². The number of hydrogen-bond donors (Lipinski definition) is 1. The van der Waals surface area contributed by atoms with Crippen LogP contribution in [0.1, 0.15) is 13.8 Å². The maximum atomic E-state index is 11.1. The van der Waals surface area contributed by atoms with Gasteiger partial charge in [-0.15, -0.1) is 0 Å². The number of rotatable bonds is 8. The summed E-state index contributed by atoms with van der Waals surface area (Å²) in [6.45, 7) is 7.68. The number of phenols is 1. The number of fused-ring (bicyclic) bond motifs is 2. The summed E-state index contributed by atoms with van der Waals surface area (Å²) in [5, 5.41) is 15.4. The van der Waals surface area contributed by atoms with E-state index >= 15 is 0 Å². The van der Waals surface area contributed by atoms with Crippen LogP contribution in [0.2, 0.25) is 0 Å². The number of benzene rings is 4. The molecule has 2 aliphatic carbocycles. The molecule has 4 aromatic carbocycles. The summed E-state index contributed by atoms with van der Waals surface area (Å²) in [6.07, 6.45) is 16.4. The van der Waals surface area contributed by atoms with Crippen LogP contribution >= 0.6 is 8.30 Å². The molecule has 0 amide bonds. The molecule has 1 atom stereocenters. The number of aromatic hydroxyl groups is 1. The Hall–Kier alpha value is -2.62. The number of nitrogens with zero attached hydrogens (tertiary/aromatic N) is 2. The molecule has 222 valence electrons. The Morgan fingerprint density at radius 2 is 1.36 bits per heavy atom. The molecule has 0 bridgehead atoms. The molecule has 7 rings (SSSR count). The summed E-state index contributed by atoms with van der Waals surface area (Å²) in [5.74, 6) is 2.94. The van der Waals surface area contributed by atoms with Crippen LogP contribution in [-0.2, 0) is 21.8 Å². The van der Waals surface area contributed by atoms with Crippen molar-refractivity contribution in [2.24, 2.45) is 4.99 Å². The van der Waals surface area contributed by atoms with Crippen molar-refractivity contribution in [3.63, 3.8) is 0 Å². The van der Waals surface area contributed by atoms with E-state index in [2.05, 4.69) is 85.6 Å². The van der Waals surface area contributed by atoms with Crippen molar-refractivity contribution in [3.8, 4) is 22.6 Å². The van der Waals surface area contributed by atoms with E-state index in [-0.39, 0.29) is 22.8 Å². The molecule has 0 saturated heterocycles. The SMILES string of the molecule is CCN(CC)[P@](Oc1ccc2ccccc2c1-c1c(O)ccc2ccccc12)[C]1[CH][CH][CH][CH]1.[CH]1[CH][CH][C](C2=NCCO2)[CH]1.[Fe+2]. The molecule has 1 N–H and O–H groups in total. The average Bonchev–Trinajstić information content (AvgIpc) is 3.86. The molecular formula is C37H35FeN2O3P+2. The Balaban J connectivity index is 0.000000295. The van der Waals surface area contributed by atoms with Crippen molar-refractivity contribution in [2.75, 3.05) is 26.2 Å². The van der Waals surface area contributed by atoms with Gasteiger partial charge in [0.15, 0.2) is 14.2 Å². The third-order valence-electron chi connectivity index (χ3n) is 7.58. The van der Waals surface area contributed by atoms with Gasteiger partial charge in [0.1, 0.15) is 18.1 Å². The molecule has 0 aromatic heterocycles. The largest absolute Gasteiger partial charge is 2.00 e. The number of ether oxygens (including phenoxy) is 1. The van der Waals surface area contributed by atoms with Gasteiger partial charge in [0.05, 0.1) is 18.1 Å². The molecule has 7 heteroatoms. The van der Waals surface area contributed by atoms with Crippen molar-refractivity contribution < 1.29 is 31.4 Å². The molecule has 2 fully saturated rings. The standard InChI is InChI=1S/C29H27NO2P.C8H8NO.Fe/c1-3-30(4-2)33(23-13-7-8-14-23)32-27-20-18-22-12-6-10-16-25(22)29(27)28-24-15-9-5-11-21(24)17-19-26(28)31;1-2-4-7(3-1)8-9-5-6-10-8;/h5-20,31H,3-4H2,1-2H3;1-4H,5-6H2;/q;;+2/t33-;;/m1../s1. The van der Waals surface area contributed by atoms with E-state index in [1.165, 1.54) is 5.66 Å². The molecule has 5 nitrogen and oxygen atoms in total. The van der Waals surface area contributed by atoms with Gasteiger partial charge in [-0.2, -0.15) is 0 Å². The van der Waals surface area contributed by atoms with Gasteiger partial charge < -0.3 is 14.4 Å². The zero-order valence-corrected chi connectivity index (χ0v) is 26.8. The van der Waals surface area contributed by atoms with Crippen molar-refractivity contribution >= 4 is 35.7 Å². The maximum Gasteiger partial charge on any atom is 2.00 e. The topological polar surface area (TPSA) is 54.3 Å². The molecule has 4 aromatic rings. The van der Waals surface area contributed by atoms with Gasteiger partial charge in [0.25, 0.3) is 0 Å². The Morgan fingerprint density at radius 3 is 1.98 bits per heavy atom. The Labute approximate surface area is 274 Å². The fourth-order valence-corrected chi connectivity index (χ4v) is 7.30. The number of phenolic OH excluding ortho intramolecular Hbond substituents is 1.